The third-order valence-electron chi connectivity index (χ3n) is 6.78. The maximum Gasteiger partial charge on any atom is 0.251 e. The molecule has 188 valence electrons. The van der Waals surface area contributed by atoms with Gasteiger partial charge in [0.1, 0.15) is 6.33 Å². The number of carbonyl (C=O) groups excluding carboxylic acids is 1. The molecule has 1 saturated heterocycles. The molecule has 2 aromatic carbocycles. The summed E-state index contributed by atoms with van der Waals surface area (Å²) in [5.41, 5.74) is 6.96. The highest BCUT2D eigenvalue weighted by Gasteiger charge is 2.23. The SMILES string of the molecule is Cc1ccc(C(=O)NC2CC2)cc1C=Cc1csc2c(Nc3ccc(N4CCOCC4)cc3)ncnc12. The van der Waals surface area contributed by atoms with Crippen LogP contribution < -0.4 is 15.5 Å². The van der Waals surface area contributed by atoms with Gasteiger partial charge in [0.25, 0.3) is 5.91 Å². The summed E-state index contributed by atoms with van der Waals surface area (Å²) in [5.74, 6) is 0.795. The second kappa shape index (κ2) is 10.3. The van der Waals surface area contributed by atoms with Gasteiger partial charge in [0, 0.05) is 47.0 Å². The smallest absolute Gasteiger partial charge is 0.251 e. The Morgan fingerprint density at radius 2 is 1.84 bits per heavy atom. The molecule has 2 N–H and O–H groups in total. The molecule has 2 fully saturated rings. The van der Waals surface area contributed by atoms with Crippen molar-refractivity contribution in [3.8, 4) is 0 Å². The summed E-state index contributed by atoms with van der Waals surface area (Å²) < 4.78 is 6.46. The van der Waals surface area contributed by atoms with Crippen molar-refractivity contribution >= 4 is 56.8 Å². The van der Waals surface area contributed by atoms with E-state index in [4.69, 9.17) is 4.74 Å². The summed E-state index contributed by atoms with van der Waals surface area (Å²) in [7, 11) is 0. The Bertz CT molecular complexity index is 1450. The number of hydrogen-bond acceptors (Lipinski definition) is 7. The van der Waals surface area contributed by atoms with Gasteiger partial charge in [-0.3, -0.25) is 4.79 Å². The third-order valence-corrected chi connectivity index (χ3v) is 7.78. The standard InChI is InChI=1S/C29H29N5O2S/c1-19-2-3-21(29(35)33-24-6-7-24)16-20(19)4-5-22-17-37-27-26(22)30-18-31-28(27)32-23-8-10-25(11-9-23)34-12-14-36-15-13-34/h2-5,8-11,16-18,24H,6-7,12-15H2,1H3,(H,33,35)(H,30,31,32). The van der Waals surface area contributed by atoms with Crippen LogP contribution >= 0.6 is 11.3 Å². The fourth-order valence-electron chi connectivity index (χ4n) is 4.43. The third kappa shape index (κ3) is 5.35. The van der Waals surface area contributed by atoms with Crippen LogP contribution in [0.2, 0.25) is 0 Å². The van der Waals surface area contributed by atoms with Crippen LogP contribution in [0.4, 0.5) is 17.2 Å². The van der Waals surface area contributed by atoms with Crippen molar-refractivity contribution in [1.29, 1.82) is 0 Å². The summed E-state index contributed by atoms with van der Waals surface area (Å²) in [6.45, 7) is 5.44. The van der Waals surface area contributed by atoms with Crippen molar-refractivity contribution in [1.82, 2.24) is 15.3 Å². The number of amides is 1. The molecule has 37 heavy (non-hydrogen) atoms. The number of nitrogens with one attached hydrogen (secondary N) is 2. The van der Waals surface area contributed by atoms with Gasteiger partial charge in [0.05, 0.1) is 23.4 Å². The van der Waals surface area contributed by atoms with Crippen LogP contribution in [0.1, 0.15) is 39.9 Å². The molecule has 7 nitrogen and oxygen atoms in total. The molecule has 0 bridgehead atoms. The number of nitrogens with zero attached hydrogens (tertiary/aromatic N) is 3. The number of ether oxygens (including phenoxy) is 1. The Balaban J connectivity index is 1.20. The Morgan fingerprint density at radius 1 is 1.05 bits per heavy atom. The van der Waals surface area contributed by atoms with Crippen molar-refractivity contribution in [3.05, 3.63) is 76.4 Å². The molecule has 1 saturated carbocycles. The molecule has 1 aliphatic carbocycles. The first-order valence-electron chi connectivity index (χ1n) is 12.7. The Kier molecular flexibility index (Phi) is 6.59. The molecular formula is C29H29N5O2S. The number of morpholine rings is 1. The van der Waals surface area contributed by atoms with Gasteiger partial charge >= 0.3 is 0 Å². The van der Waals surface area contributed by atoms with Crippen LogP contribution in [0, 0.1) is 6.92 Å². The maximum atomic E-state index is 12.5. The number of fused-ring (bicyclic) bond motifs is 1. The van der Waals surface area contributed by atoms with E-state index in [1.54, 1.807) is 17.7 Å². The van der Waals surface area contributed by atoms with Gasteiger partial charge in [0.2, 0.25) is 0 Å². The van der Waals surface area contributed by atoms with E-state index in [0.29, 0.717) is 11.6 Å². The number of aryl methyl sites for hydroxylation is 1. The largest absolute Gasteiger partial charge is 0.378 e. The van der Waals surface area contributed by atoms with Crippen molar-refractivity contribution in [2.24, 2.45) is 0 Å². The topological polar surface area (TPSA) is 79.4 Å². The normalized spacial score (nSPS) is 15.9. The minimum atomic E-state index is -0.000400. The number of carbonyl (C=O) groups is 1. The molecule has 0 radical (unpaired) electrons. The van der Waals surface area contributed by atoms with Gasteiger partial charge < -0.3 is 20.3 Å². The lowest BCUT2D eigenvalue weighted by molar-refractivity contribution is 0.0951. The predicted molar refractivity (Wildman–Crippen MR) is 151 cm³/mol. The maximum absolute atomic E-state index is 12.5. The quantitative estimate of drug-likeness (QED) is 0.334. The summed E-state index contributed by atoms with van der Waals surface area (Å²) in [6.07, 6.45) is 7.88. The lowest BCUT2D eigenvalue weighted by Crippen LogP contribution is -2.36. The molecule has 0 unspecified atom stereocenters. The number of thiophene rings is 1. The van der Waals surface area contributed by atoms with E-state index in [1.165, 1.54) is 5.69 Å². The van der Waals surface area contributed by atoms with Crippen LogP contribution in [-0.4, -0.2) is 48.2 Å². The number of rotatable bonds is 7. The lowest BCUT2D eigenvalue weighted by atomic mass is 10.0. The number of benzene rings is 2. The van der Waals surface area contributed by atoms with Crippen LogP contribution in [-0.2, 0) is 4.74 Å². The first-order valence-corrected chi connectivity index (χ1v) is 13.5. The molecular weight excluding hydrogens is 482 g/mol. The van der Waals surface area contributed by atoms with E-state index in [1.807, 2.05) is 18.2 Å². The average molecular weight is 512 g/mol. The fraction of sp³-hybridized carbons (Fsp3) is 0.276. The molecule has 0 atom stereocenters. The molecule has 1 amide bonds. The molecule has 6 rings (SSSR count). The van der Waals surface area contributed by atoms with Crippen molar-refractivity contribution in [2.75, 3.05) is 36.5 Å². The zero-order chi connectivity index (χ0) is 25.2. The van der Waals surface area contributed by atoms with E-state index in [-0.39, 0.29) is 5.91 Å². The second-order valence-corrected chi connectivity index (χ2v) is 10.4. The molecule has 3 heterocycles. The van der Waals surface area contributed by atoms with E-state index in [0.717, 1.165) is 77.6 Å². The molecule has 1 aliphatic heterocycles. The van der Waals surface area contributed by atoms with Crippen LogP contribution in [0.15, 0.2) is 54.2 Å². The monoisotopic (exact) mass is 511 g/mol. The van der Waals surface area contributed by atoms with Crippen LogP contribution in [0.3, 0.4) is 0 Å². The number of aromatic nitrogens is 2. The van der Waals surface area contributed by atoms with Crippen LogP contribution in [0.25, 0.3) is 22.4 Å². The highest BCUT2D eigenvalue weighted by atomic mass is 32.1. The van der Waals surface area contributed by atoms with E-state index in [9.17, 15) is 4.79 Å². The first-order chi connectivity index (χ1) is 18.1. The zero-order valence-electron chi connectivity index (χ0n) is 20.7. The predicted octanol–water partition coefficient (Wildman–Crippen LogP) is 5.64. The molecule has 2 aliphatic rings. The van der Waals surface area contributed by atoms with Crippen molar-refractivity contribution < 1.29 is 9.53 Å². The first kappa shape index (κ1) is 23.6. The molecule has 0 spiro atoms. The van der Waals surface area contributed by atoms with Gasteiger partial charge in [-0.25, -0.2) is 9.97 Å². The van der Waals surface area contributed by atoms with Gasteiger partial charge in [-0.2, -0.15) is 0 Å². The Morgan fingerprint density at radius 3 is 2.62 bits per heavy atom. The summed E-state index contributed by atoms with van der Waals surface area (Å²) in [6, 6.07) is 14.6. The van der Waals surface area contributed by atoms with Gasteiger partial charge in [-0.05, 0) is 67.3 Å². The fourth-order valence-corrected chi connectivity index (χ4v) is 5.36. The zero-order valence-corrected chi connectivity index (χ0v) is 21.6. The molecule has 4 aromatic rings. The molecule has 8 heteroatoms. The summed E-state index contributed by atoms with van der Waals surface area (Å²) >= 11 is 1.62. The Hall–Kier alpha value is -3.75. The second-order valence-electron chi connectivity index (χ2n) is 9.51. The average Bonchev–Trinajstić information content (AvgIpc) is 3.65. The minimum absolute atomic E-state index is 0.000400. The van der Waals surface area contributed by atoms with Gasteiger partial charge in [0.15, 0.2) is 5.82 Å². The number of anilines is 3. The van der Waals surface area contributed by atoms with Crippen molar-refractivity contribution in [3.63, 3.8) is 0 Å². The van der Waals surface area contributed by atoms with Gasteiger partial charge in [-0.15, -0.1) is 11.3 Å². The number of hydrogen-bond donors (Lipinski definition) is 2. The lowest BCUT2D eigenvalue weighted by Gasteiger charge is -2.28. The summed E-state index contributed by atoms with van der Waals surface area (Å²) in [4.78, 5) is 23.9. The van der Waals surface area contributed by atoms with Gasteiger partial charge in [-0.1, -0.05) is 18.2 Å². The molecule has 2 aromatic heterocycles. The minimum Gasteiger partial charge on any atom is -0.378 e. The van der Waals surface area contributed by atoms with E-state index in [2.05, 4.69) is 74.2 Å². The Labute approximate surface area is 220 Å². The van der Waals surface area contributed by atoms with E-state index >= 15 is 0 Å². The van der Waals surface area contributed by atoms with Crippen molar-refractivity contribution in [2.45, 2.75) is 25.8 Å². The van der Waals surface area contributed by atoms with E-state index < -0.39 is 0 Å². The summed E-state index contributed by atoms with van der Waals surface area (Å²) in [5, 5.41) is 8.62. The highest BCUT2D eigenvalue weighted by molar-refractivity contribution is 7.18. The van der Waals surface area contributed by atoms with Crippen LogP contribution in [0.5, 0.6) is 0 Å². The highest BCUT2D eigenvalue weighted by Crippen LogP contribution is 2.32.